The summed E-state index contributed by atoms with van der Waals surface area (Å²) >= 11 is 0. The van der Waals surface area contributed by atoms with Crippen LogP contribution in [0.5, 0.6) is 0 Å². The van der Waals surface area contributed by atoms with Crippen LogP contribution in [0.1, 0.15) is 12.8 Å². The van der Waals surface area contributed by atoms with E-state index in [1.807, 2.05) is 10.6 Å². The predicted octanol–water partition coefficient (Wildman–Crippen LogP) is -1.91. The van der Waals surface area contributed by atoms with Crippen molar-refractivity contribution in [3.05, 3.63) is 0 Å². The number of carboxylic acids is 2. The van der Waals surface area contributed by atoms with Crippen LogP contribution in [0.25, 0.3) is 0 Å². The molecule has 0 aromatic heterocycles. The Bertz CT molecular complexity index is 329. The smallest absolute Gasteiger partial charge is 0.326 e. The number of carbonyl (C=O) groups is 4. The number of nitrogens with one attached hydrogen (secondary N) is 2. The van der Waals surface area contributed by atoms with Gasteiger partial charge in [0.2, 0.25) is 5.91 Å². The minimum atomic E-state index is -1.34. The maximum atomic E-state index is 11.0. The third-order valence-electron chi connectivity index (χ3n) is 1.68. The van der Waals surface area contributed by atoms with E-state index in [-0.39, 0.29) is 12.8 Å². The summed E-state index contributed by atoms with van der Waals surface area (Å²) in [5.41, 5.74) is 4.83. The highest BCUT2D eigenvalue weighted by Crippen LogP contribution is 1.97. The molecule has 1 unspecified atom stereocenters. The van der Waals surface area contributed by atoms with Gasteiger partial charge < -0.3 is 26.6 Å². The first-order chi connectivity index (χ1) is 7.82. The molecule has 9 nitrogen and oxygen atoms in total. The zero-order valence-corrected chi connectivity index (χ0v) is 8.80. The standard InChI is InChI=1S/C8H13N3O6/c9-5(12)2-1-4(7(15)16)11-8(17)10-3-6(13)14/h4H,1-3H2,(H2,9,12)(H,13,14)(H,15,16)(H2,10,11,17). The molecule has 0 heterocycles. The molecule has 1 atom stereocenters. The van der Waals surface area contributed by atoms with Crippen molar-refractivity contribution in [3.8, 4) is 0 Å². The van der Waals surface area contributed by atoms with E-state index >= 15 is 0 Å². The first kappa shape index (κ1) is 14.7. The van der Waals surface area contributed by atoms with Gasteiger partial charge in [-0.15, -0.1) is 0 Å². The van der Waals surface area contributed by atoms with Crippen molar-refractivity contribution in [3.63, 3.8) is 0 Å². The largest absolute Gasteiger partial charge is 0.480 e. The van der Waals surface area contributed by atoms with Crippen molar-refractivity contribution in [2.75, 3.05) is 6.54 Å². The van der Waals surface area contributed by atoms with Crippen LogP contribution < -0.4 is 16.4 Å². The number of nitrogens with two attached hydrogens (primary N) is 1. The molecule has 0 aliphatic carbocycles. The van der Waals surface area contributed by atoms with Crippen molar-refractivity contribution >= 4 is 23.9 Å². The fraction of sp³-hybridized carbons (Fsp3) is 0.500. The second-order valence-corrected chi connectivity index (χ2v) is 3.12. The van der Waals surface area contributed by atoms with Gasteiger partial charge in [0.15, 0.2) is 0 Å². The molecule has 9 heteroatoms. The van der Waals surface area contributed by atoms with Crippen LogP contribution in [0, 0.1) is 0 Å². The van der Waals surface area contributed by atoms with Crippen LogP contribution in [0.3, 0.4) is 0 Å². The lowest BCUT2D eigenvalue weighted by Crippen LogP contribution is -2.47. The van der Waals surface area contributed by atoms with E-state index in [1.165, 1.54) is 0 Å². The molecule has 0 aliphatic rings. The summed E-state index contributed by atoms with van der Waals surface area (Å²) in [7, 11) is 0. The Morgan fingerprint density at radius 3 is 2.18 bits per heavy atom. The maximum absolute atomic E-state index is 11.0. The molecule has 0 saturated carbocycles. The molecule has 0 saturated heterocycles. The molecule has 6 N–H and O–H groups in total. The van der Waals surface area contributed by atoms with Gasteiger partial charge in [-0.2, -0.15) is 0 Å². The number of carbonyl (C=O) groups excluding carboxylic acids is 2. The number of amides is 3. The fourth-order valence-corrected chi connectivity index (χ4v) is 0.909. The normalized spacial score (nSPS) is 11.3. The van der Waals surface area contributed by atoms with E-state index in [9.17, 15) is 19.2 Å². The van der Waals surface area contributed by atoms with Gasteiger partial charge in [0.05, 0.1) is 0 Å². The second kappa shape index (κ2) is 7.04. The summed E-state index contributed by atoms with van der Waals surface area (Å²) in [6, 6.07) is -2.24. The van der Waals surface area contributed by atoms with Crippen LogP contribution in [0.2, 0.25) is 0 Å². The summed E-state index contributed by atoms with van der Waals surface area (Å²) in [4.78, 5) is 42.3. The zero-order valence-electron chi connectivity index (χ0n) is 8.80. The summed E-state index contributed by atoms with van der Waals surface area (Å²) in [6.45, 7) is -0.631. The van der Waals surface area contributed by atoms with Crippen LogP contribution in [-0.2, 0) is 14.4 Å². The van der Waals surface area contributed by atoms with E-state index in [0.717, 1.165) is 0 Å². The van der Waals surface area contributed by atoms with Crippen molar-refractivity contribution in [2.24, 2.45) is 5.73 Å². The SMILES string of the molecule is NC(=O)CCC(NC(=O)NCC(=O)O)C(=O)O. The molecule has 0 aromatic carbocycles. The Hall–Kier alpha value is -2.32. The fourth-order valence-electron chi connectivity index (χ4n) is 0.909. The Balaban J connectivity index is 4.15. The molecular formula is C8H13N3O6. The minimum Gasteiger partial charge on any atom is -0.480 e. The lowest BCUT2D eigenvalue weighted by molar-refractivity contribution is -0.139. The predicted molar refractivity (Wildman–Crippen MR) is 54.0 cm³/mol. The first-order valence-corrected chi connectivity index (χ1v) is 4.60. The van der Waals surface area contributed by atoms with E-state index in [2.05, 4.69) is 0 Å². The molecule has 96 valence electrons. The average Bonchev–Trinajstić information content (AvgIpc) is 2.20. The Morgan fingerprint density at radius 2 is 1.76 bits per heavy atom. The van der Waals surface area contributed by atoms with Crippen molar-refractivity contribution in [2.45, 2.75) is 18.9 Å². The number of hydrogen-bond donors (Lipinski definition) is 5. The molecule has 17 heavy (non-hydrogen) atoms. The highest BCUT2D eigenvalue weighted by atomic mass is 16.4. The van der Waals surface area contributed by atoms with Crippen LogP contribution in [0.15, 0.2) is 0 Å². The van der Waals surface area contributed by atoms with E-state index in [1.54, 1.807) is 0 Å². The van der Waals surface area contributed by atoms with Gasteiger partial charge in [-0.1, -0.05) is 0 Å². The maximum Gasteiger partial charge on any atom is 0.326 e. The molecule has 0 rings (SSSR count). The third-order valence-corrected chi connectivity index (χ3v) is 1.68. The van der Waals surface area contributed by atoms with E-state index < -0.39 is 36.5 Å². The molecule has 3 amide bonds. The van der Waals surface area contributed by atoms with Crippen LogP contribution in [0.4, 0.5) is 4.79 Å². The quantitative estimate of drug-likeness (QED) is 0.353. The number of aliphatic carboxylic acids is 2. The lowest BCUT2D eigenvalue weighted by Gasteiger charge is -2.13. The van der Waals surface area contributed by atoms with Gasteiger partial charge in [0.1, 0.15) is 12.6 Å². The molecule has 0 bridgehead atoms. The number of primary amides is 1. The van der Waals surface area contributed by atoms with Crippen LogP contribution >= 0.6 is 0 Å². The van der Waals surface area contributed by atoms with Crippen molar-refractivity contribution in [1.29, 1.82) is 0 Å². The molecule has 0 fully saturated rings. The van der Waals surface area contributed by atoms with Crippen molar-refractivity contribution < 1.29 is 29.4 Å². The molecule has 0 aromatic rings. The molecule has 0 aliphatic heterocycles. The van der Waals surface area contributed by atoms with Crippen LogP contribution in [-0.4, -0.2) is 46.7 Å². The third kappa shape index (κ3) is 7.59. The second-order valence-electron chi connectivity index (χ2n) is 3.12. The first-order valence-electron chi connectivity index (χ1n) is 4.60. The monoisotopic (exact) mass is 247 g/mol. The zero-order chi connectivity index (χ0) is 13.4. The average molecular weight is 247 g/mol. The van der Waals surface area contributed by atoms with Crippen molar-refractivity contribution in [1.82, 2.24) is 10.6 Å². The van der Waals surface area contributed by atoms with Gasteiger partial charge in [0.25, 0.3) is 0 Å². The van der Waals surface area contributed by atoms with Gasteiger partial charge in [-0.3, -0.25) is 9.59 Å². The molecule has 0 radical (unpaired) electrons. The number of urea groups is 1. The number of hydrogen-bond acceptors (Lipinski definition) is 4. The lowest BCUT2D eigenvalue weighted by atomic mass is 10.1. The number of rotatable bonds is 7. The highest BCUT2D eigenvalue weighted by molar-refractivity contribution is 5.85. The molecular weight excluding hydrogens is 234 g/mol. The van der Waals surface area contributed by atoms with Gasteiger partial charge in [0, 0.05) is 6.42 Å². The van der Waals surface area contributed by atoms with Gasteiger partial charge >= 0.3 is 18.0 Å². The van der Waals surface area contributed by atoms with E-state index in [4.69, 9.17) is 15.9 Å². The Morgan fingerprint density at radius 1 is 1.18 bits per heavy atom. The molecule has 0 spiro atoms. The van der Waals surface area contributed by atoms with Gasteiger partial charge in [-0.05, 0) is 6.42 Å². The minimum absolute atomic E-state index is 0.162. The van der Waals surface area contributed by atoms with Gasteiger partial charge in [-0.25, -0.2) is 9.59 Å². The summed E-state index contributed by atoms with van der Waals surface area (Å²) < 4.78 is 0. The highest BCUT2D eigenvalue weighted by Gasteiger charge is 2.20. The Kier molecular flexibility index (Phi) is 6.08. The summed E-state index contributed by atoms with van der Waals surface area (Å²) in [6.07, 6.45) is -0.360. The topological polar surface area (TPSA) is 159 Å². The number of carboxylic acid groups (broad SMARTS) is 2. The summed E-state index contributed by atoms with van der Waals surface area (Å²) in [5, 5.41) is 20.9. The van der Waals surface area contributed by atoms with E-state index in [0.29, 0.717) is 0 Å². The summed E-state index contributed by atoms with van der Waals surface area (Å²) in [5.74, 6) is -3.29. The Labute approximate surface area is 96.0 Å².